The highest BCUT2D eigenvalue weighted by molar-refractivity contribution is 5.95. The number of carboxylic acids is 1. The van der Waals surface area contributed by atoms with E-state index < -0.39 is 5.97 Å². The average molecular weight is 303 g/mol. The number of carbonyl (C=O) groups is 2. The largest absolute Gasteiger partial charge is 0.481 e. The first-order chi connectivity index (χ1) is 10.6. The quantitative estimate of drug-likeness (QED) is 0.918. The molecule has 3 heterocycles. The fourth-order valence-electron chi connectivity index (χ4n) is 3.18. The van der Waals surface area contributed by atoms with Crippen molar-refractivity contribution in [3.63, 3.8) is 0 Å². The van der Waals surface area contributed by atoms with E-state index in [-0.39, 0.29) is 11.8 Å². The summed E-state index contributed by atoms with van der Waals surface area (Å²) in [6, 6.07) is 3.59. The lowest BCUT2D eigenvalue weighted by Gasteiger charge is -2.31. The van der Waals surface area contributed by atoms with E-state index in [9.17, 15) is 9.59 Å². The van der Waals surface area contributed by atoms with Crippen molar-refractivity contribution in [2.24, 2.45) is 5.92 Å². The van der Waals surface area contributed by atoms with Crippen LogP contribution in [0.15, 0.2) is 18.3 Å². The van der Waals surface area contributed by atoms with Crippen LogP contribution in [0.5, 0.6) is 0 Å². The third kappa shape index (κ3) is 3.05. The maximum absolute atomic E-state index is 12.4. The second-order valence-corrected chi connectivity index (χ2v) is 6.00. The predicted molar refractivity (Wildman–Crippen MR) is 81.9 cm³/mol. The number of piperidine rings is 1. The summed E-state index contributed by atoms with van der Waals surface area (Å²) in [4.78, 5) is 31.7. The number of anilines is 1. The molecule has 2 aliphatic heterocycles. The van der Waals surface area contributed by atoms with Gasteiger partial charge >= 0.3 is 5.97 Å². The van der Waals surface area contributed by atoms with E-state index >= 15 is 0 Å². The molecule has 1 aromatic heterocycles. The van der Waals surface area contributed by atoms with Crippen molar-refractivity contribution >= 4 is 17.7 Å². The second kappa shape index (κ2) is 6.34. The first kappa shape index (κ1) is 14.8. The van der Waals surface area contributed by atoms with Gasteiger partial charge in [0.15, 0.2) is 0 Å². The van der Waals surface area contributed by atoms with Gasteiger partial charge in [0.1, 0.15) is 5.82 Å². The van der Waals surface area contributed by atoms with E-state index in [4.69, 9.17) is 5.11 Å². The van der Waals surface area contributed by atoms with Crippen LogP contribution in [-0.4, -0.2) is 53.0 Å². The Balaban J connectivity index is 1.69. The second-order valence-electron chi connectivity index (χ2n) is 6.00. The Hall–Kier alpha value is -2.11. The number of nitrogens with zero attached hydrogens (tertiary/aromatic N) is 3. The van der Waals surface area contributed by atoms with Gasteiger partial charge in [0.05, 0.1) is 5.92 Å². The lowest BCUT2D eigenvalue weighted by atomic mass is 9.97. The molecule has 6 nitrogen and oxygen atoms in total. The van der Waals surface area contributed by atoms with Gasteiger partial charge in [-0.2, -0.15) is 0 Å². The van der Waals surface area contributed by atoms with Gasteiger partial charge in [-0.1, -0.05) is 0 Å². The third-order valence-electron chi connectivity index (χ3n) is 4.55. The Bertz CT molecular complexity index is 562. The molecule has 0 unspecified atom stereocenters. The van der Waals surface area contributed by atoms with Crippen LogP contribution in [0.1, 0.15) is 36.0 Å². The van der Waals surface area contributed by atoms with Crippen molar-refractivity contribution in [3.05, 3.63) is 23.9 Å². The normalized spacial score (nSPS) is 19.5. The Morgan fingerprint density at radius 3 is 2.45 bits per heavy atom. The number of carbonyl (C=O) groups excluding carboxylic acids is 1. The molecule has 0 radical (unpaired) electrons. The van der Waals surface area contributed by atoms with Crippen LogP contribution in [0.3, 0.4) is 0 Å². The molecule has 0 aromatic carbocycles. The summed E-state index contributed by atoms with van der Waals surface area (Å²) in [5.41, 5.74) is 0.673. The van der Waals surface area contributed by atoms with Crippen LogP contribution in [0.25, 0.3) is 0 Å². The lowest BCUT2D eigenvalue weighted by Crippen LogP contribution is -2.37. The van der Waals surface area contributed by atoms with E-state index in [1.165, 1.54) is 0 Å². The van der Waals surface area contributed by atoms with Crippen molar-refractivity contribution in [3.8, 4) is 0 Å². The number of hydrogen-bond acceptors (Lipinski definition) is 4. The lowest BCUT2D eigenvalue weighted by molar-refractivity contribution is -0.142. The molecule has 2 saturated heterocycles. The molecular formula is C16H21N3O3. The molecule has 0 bridgehead atoms. The van der Waals surface area contributed by atoms with E-state index in [0.29, 0.717) is 31.5 Å². The van der Waals surface area contributed by atoms with Crippen molar-refractivity contribution in [2.45, 2.75) is 25.7 Å². The number of amides is 1. The Morgan fingerprint density at radius 2 is 1.82 bits per heavy atom. The Labute approximate surface area is 129 Å². The number of carboxylic acid groups (broad SMARTS) is 1. The molecule has 22 heavy (non-hydrogen) atoms. The molecule has 1 aromatic rings. The Morgan fingerprint density at radius 1 is 1.14 bits per heavy atom. The van der Waals surface area contributed by atoms with Gasteiger partial charge in [0.25, 0.3) is 5.91 Å². The van der Waals surface area contributed by atoms with Gasteiger partial charge < -0.3 is 14.9 Å². The number of pyridine rings is 1. The van der Waals surface area contributed by atoms with Gasteiger partial charge in [-0.25, -0.2) is 4.98 Å². The maximum atomic E-state index is 12.4. The number of hydrogen-bond donors (Lipinski definition) is 1. The molecule has 118 valence electrons. The summed E-state index contributed by atoms with van der Waals surface area (Å²) in [5, 5.41) is 9.05. The summed E-state index contributed by atoms with van der Waals surface area (Å²) in [6.45, 7) is 3.01. The van der Waals surface area contributed by atoms with Gasteiger partial charge in [0.2, 0.25) is 0 Å². The fraction of sp³-hybridized carbons (Fsp3) is 0.562. The molecule has 0 saturated carbocycles. The van der Waals surface area contributed by atoms with Gasteiger partial charge in [-0.05, 0) is 37.8 Å². The topological polar surface area (TPSA) is 73.7 Å². The van der Waals surface area contributed by atoms with Crippen LogP contribution in [0, 0.1) is 5.92 Å². The zero-order chi connectivity index (χ0) is 15.5. The van der Waals surface area contributed by atoms with Gasteiger partial charge in [-0.3, -0.25) is 9.59 Å². The van der Waals surface area contributed by atoms with Crippen LogP contribution in [-0.2, 0) is 4.79 Å². The maximum Gasteiger partial charge on any atom is 0.306 e. The minimum Gasteiger partial charge on any atom is -0.481 e. The van der Waals surface area contributed by atoms with E-state index in [2.05, 4.69) is 9.88 Å². The van der Waals surface area contributed by atoms with Crippen molar-refractivity contribution in [1.29, 1.82) is 0 Å². The zero-order valence-corrected chi connectivity index (χ0v) is 12.6. The molecule has 2 aliphatic rings. The highest BCUT2D eigenvalue weighted by atomic mass is 16.4. The number of aromatic nitrogens is 1. The highest BCUT2D eigenvalue weighted by Gasteiger charge is 2.26. The van der Waals surface area contributed by atoms with Crippen molar-refractivity contribution < 1.29 is 14.7 Å². The van der Waals surface area contributed by atoms with E-state index in [1.54, 1.807) is 12.3 Å². The van der Waals surface area contributed by atoms with E-state index in [1.807, 2.05) is 11.0 Å². The number of aliphatic carboxylic acids is 1. The van der Waals surface area contributed by atoms with Crippen LogP contribution >= 0.6 is 0 Å². The molecule has 3 rings (SSSR count). The smallest absolute Gasteiger partial charge is 0.306 e. The molecule has 0 aliphatic carbocycles. The number of rotatable bonds is 3. The third-order valence-corrected chi connectivity index (χ3v) is 4.55. The zero-order valence-electron chi connectivity index (χ0n) is 12.6. The van der Waals surface area contributed by atoms with Crippen LogP contribution < -0.4 is 4.90 Å². The summed E-state index contributed by atoms with van der Waals surface area (Å²) in [7, 11) is 0. The minimum absolute atomic E-state index is 0.0709. The highest BCUT2D eigenvalue weighted by Crippen LogP contribution is 2.23. The molecular weight excluding hydrogens is 282 g/mol. The molecule has 0 spiro atoms. The monoisotopic (exact) mass is 303 g/mol. The molecule has 1 N–H and O–H groups in total. The summed E-state index contributed by atoms with van der Waals surface area (Å²) in [6.07, 6.45) is 5.07. The first-order valence-electron chi connectivity index (χ1n) is 7.88. The average Bonchev–Trinajstić information content (AvgIpc) is 3.09. The van der Waals surface area contributed by atoms with Crippen LogP contribution in [0.4, 0.5) is 5.82 Å². The Kier molecular flexibility index (Phi) is 4.27. The standard InChI is InChI=1S/C16H21N3O3/c20-15(19-7-1-2-8-19)13-3-6-17-14(11-13)18-9-4-12(5-10-18)16(21)22/h3,6,11-12H,1-2,4-5,7-10H2,(H,21,22). The molecule has 2 fully saturated rings. The van der Waals surface area contributed by atoms with Crippen LogP contribution in [0.2, 0.25) is 0 Å². The molecule has 6 heteroatoms. The predicted octanol–water partition coefficient (Wildman–Crippen LogP) is 1.62. The SMILES string of the molecule is O=C(O)C1CCN(c2cc(C(=O)N3CCCC3)ccn2)CC1. The van der Waals surface area contributed by atoms with Gasteiger partial charge in [-0.15, -0.1) is 0 Å². The first-order valence-corrected chi connectivity index (χ1v) is 7.88. The van der Waals surface area contributed by atoms with E-state index in [0.717, 1.165) is 31.7 Å². The molecule has 0 atom stereocenters. The number of likely N-dealkylation sites (tertiary alicyclic amines) is 1. The van der Waals surface area contributed by atoms with Crippen molar-refractivity contribution in [1.82, 2.24) is 9.88 Å². The fourth-order valence-corrected chi connectivity index (χ4v) is 3.18. The van der Waals surface area contributed by atoms with Crippen molar-refractivity contribution in [2.75, 3.05) is 31.1 Å². The summed E-state index contributed by atoms with van der Waals surface area (Å²) in [5.74, 6) is -0.133. The minimum atomic E-state index is -0.717. The van der Waals surface area contributed by atoms with Gasteiger partial charge in [0, 0.05) is 37.9 Å². The summed E-state index contributed by atoms with van der Waals surface area (Å²) >= 11 is 0. The summed E-state index contributed by atoms with van der Waals surface area (Å²) < 4.78 is 0. The molecule has 1 amide bonds.